The van der Waals surface area contributed by atoms with Crippen molar-refractivity contribution in [3.8, 4) is 0 Å². The Balaban J connectivity index is 1.76. The maximum Gasteiger partial charge on any atom is 0.307 e. The van der Waals surface area contributed by atoms with E-state index in [1.807, 2.05) is 25.1 Å². The van der Waals surface area contributed by atoms with Crippen LogP contribution in [-0.2, 0) is 9.53 Å². The molecule has 2 rings (SSSR count). The van der Waals surface area contributed by atoms with E-state index in [-0.39, 0.29) is 5.97 Å². The Bertz CT molecular complexity index is 445. The van der Waals surface area contributed by atoms with Crippen molar-refractivity contribution < 1.29 is 9.53 Å². The predicted octanol–water partition coefficient (Wildman–Crippen LogP) is 2.42. The Morgan fingerprint density at radius 2 is 2.05 bits per heavy atom. The molecule has 1 aliphatic heterocycles. The molecular formula is C15H21ClN2O2. The molecule has 0 aliphatic carbocycles. The van der Waals surface area contributed by atoms with E-state index in [1.165, 1.54) is 5.69 Å². The Morgan fingerprint density at radius 3 is 2.70 bits per heavy atom. The molecule has 0 aromatic heterocycles. The lowest BCUT2D eigenvalue weighted by molar-refractivity contribution is -0.143. The summed E-state index contributed by atoms with van der Waals surface area (Å²) in [5, 5.41) is 0.771. The SMILES string of the molecule is CCOC(=O)CCN1CCN(c2cccc(Cl)c2)CC1. The molecule has 1 aliphatic rings. The molecule has 0 saturated carbocycles. The number of carbonyl (C=O) groups is 1. The van der Waals surface area contributed by atoms with Crippen molar-refractivity contribution in [1.29, 1.82) is 0 Å². The molecule has 1 heterocycles. The van der Waals surface area contributed by atoms with Crippen LogP contribution in [0.1, 0.15) is 13.3 Å². The largest absolute Gasteiger partial charge is 0.466 e. The van der Waals surface area contributed by atoms with Crippen LogP contribution < -0.4 is 4.90 Å². The average molecular weight is 297 g/mol. The lowest BCUT2D eigenvalue weighted by Crippen LogP contribution is -2.47. The molecule has 0 spiro atoms. The summed E-state index contributed by atoms with van der Waals surface area (Å²) in [5.41, 5.74) is 1.17. The van der Waals surface area contributed by atoms with Gasteiger partial charge in [0.15, 0.2) is 0 Å². The van der Waals surface area contributed by atoms with Gasteiger partial charge in [-0.3, -0.25) is 9.69 Å². The van der Waals surface area contributed by atoms with Gasteiger partial charge in [0.2, 0.25) is 0 Å². The monoisotopic (exact) mass is 296 g/mol. The first kappa shape index (κ1) is 15.1. The maximum absolute atomic E-state index is 11.3. The topological polar surface area (TPSA) is 32.8 Å². The number of hydrogen-bond donors (Lipinski definition) is 0. The van der Waals surface area contributed by atoms with Crippen LogP contribution in [0, 0.1) is 0 Å². The highest BCUT2D eigenvalue weighted by atomic mass is 35.5. The zero-order valence-corrected chi connectivity index (χ0v) is 12.6. The fraction of sp³-hybridized carbons (Fsp3) is 0.533. The van der Waals surface area contributed by atoms with Crippen LogP contribution in [0.2, 0.25) is 5.02 Å². The van der Waals surface area contributed by atoms with Gasteiger partial charge < -0.3 is 9.64 Å². The molecule has 4 nitrogen and oxygen atoms in total. The van der Waals surface area contributed by atoms with E-state index in [2.05, 4.69) is 15.9 Å². The van der Waals surface area contributed by atoms with Crippen LogP contribution in [0.4, 0.5) is 5.69 Å². The molecule has 0 amide bonds. The quantitative estimate of drug-likeness (QED) is 0.781. The Morgan fingerprint density at radius 1 is 1.30 bits per heavy atom. The molecule has 0 atom stereocenters. The average Bonchev–Trinajstić information content (AvgIpc) is 2.46. The number of esters is 1. The Labute approximate surface area is 125 Å². The van der Waals surface area contributed by atoms with Crippen molar-refractivity contribution >= 4 is 23.3 Å². The predicted molar refractivity (Wildman–Crippen MR) is 81.4 cm³/mol. The van der Waals surface area contributed by atoms with E-state index < -0.39 is 0 Å². The molecule has 0 radical (unpaired) electrons. The number of piperazine rings is 1. The zero-order valence-electron chi connectivity index (χ0n) is 11.8. The molecule has 110 valence electrons. The number of halogens is 1. The van der Waals surface area contributed by atoms with Crippen molar-refractivity contribution in [1.82, 2.24) is 4.90 Å². The van der Waals surface area contributed by atoms with E-state index in [9.17, 15) is 4.79 Å². The van der Waals surface area contributed by atoms with Gasteiger partial charge in [0.25, 0.3) is 0 Å². The first-order valence-corrected chi connectivity index (χ1v) is 7.45. The molecule has 1 fully saturated rings. The van der Waals surface area contributed by atoms with E-state index in [4.69, 9.17) is 16.3 Å². The smallest absolute Gasteiger partial charge is 0.307 e. The molecule has 1 aromatic rings. The van der Waals surface area contributed by atoms with Crippen molar-refractivity contribution in [2.75, 3.05) is 44.2 Å². The summed E-state index contributed by atoms with van der Waals surface area (Å²) in [7, 11) is 0. The minimum absolute atomic E-state index is 0.107. The van der Waals surface area contributed by atoms with Gasteiger partial charge in [0.1, 0.15) is 0 Å². The van der Waals surface area contributed by atoms with E-state index >= 15 is 0 Å². The van der Waals surface area contributed by atoms with Gasteiger partial charge in [-0.15, -0.1) is 0 Å². The second kappa shape index (κ2) is 7.50. The fourth-order valence-corrected chi connectivity index (χ4v) is 2.57. The minimum atomic E-state index is -0.107. The molecule has 1 aromatic carbocycles. The summed E-state index contributed by atoms with van der Waals surface area (Å²) in [5.74, 6) is -0.107. The summed E-state index contributed by atoms with van der Waals surface area (Å²) in [6, 6.07) is 7.95. The first-order valence-electron chi connectivity index (χ1n) is 7.07. The van der Waals surface area contributed by atoms with Crippen LogP contribution in [0.3, 0.4) is 0 Å². The highest BCUT2D eigenvalue weighted by Crippen LogP contribution is 2.20. The minimum Gasteiger partial charge on any atom is -0.466 e. The van der Waals surface area contributed by atoms with Crippen LogP contribution in [0.25, 0.3) is 0 Å². The van der Waals surface area contributed by atoms with Crippen molar-refractivity contribution in [2.24, 2.45) is 0 Å². The van der Waals surface area contributed by atoms with Crippen LogP contribution in [0.5, 0.6) is 0 Å². The summed E-state index contributed by atoms with van der Waals surface area (Å²) >= 11 is 6.02. The third-order valence-electron chi connectivity index (χ3n) is 3.48. The highest BCUT2D eigenvalue weighted by Gasteiger charge is 2.18. The third kappa shape index (κ3) is 4.39. The standard InChI is InChI=1S/C15H21ClN2O2/c1-2-20-15(19)6-7-17-8-10-18(11-9-17)14-5-3-4-13(16)12-14/h3-5,12H,2,6-11H2,1H3. The number of ether oxygens (including phenoxy) is 1. The van der Waals surface area contributed by atoms with Gasteiger partial charge in [-0.2, -0.15) is 0 Å². The normalized spacial score (nSPS) is 16.2. The van der Waals surface area contributed by atoms with Crippen molar-refractivity contribution in [3.05, 3.63) is 29.3 Å². The third-order valence-corrected chi connectivity index (χ3v) is 3.72. The zero-order chi connectivity index (χ0) is 14.4. The maximum atomic E-state index is 11.3. The van der Waals surface area contributed by atoms with Crippen molar-refractivity contribution in [3.63, 3.8) is 0 Å². The molecule has 1 saturated heterocycles. The van der Waals surface area contributed by atoms with Crippen LogP contribution in [-0.4, -0.2) is 50.2 Å². The number of anilines is 1. The van der Waals surface area contributed by atoms with Gasteiger partial charge in [-0.25, -0.2) is 0 Å². The summed E-state index contributed by atoms with van der Waals surface area (Å²) in [6.45, 7) is 6.93. The van der Waals surface area contributed by atoms with Gasteiger partial charge in [0, 0.05) is 43.4 Å². The van der Waals surface area contributed by atoms with Gasteiger partial charge in [-0.05, 0) is 25.1 Å². The fourth-order valence-electron chi connectivity index (χ4n) is 2.39. The van der Waals surface area contributed by atoms with E-state index in [0.29, 0.717) is 13.0 Å². The van der Waals surface area contributed by atoms with Crippen LogP contribution >= 0.6 is 11.6 Å². The van der Waals surface area contributed by atoms with Gasteiger partial charge >= 0.3 is 5.97 Å². The van der Waals surface area contributed by atoms with Gasteiger partial charge in [0.05, 0.1) is 13.0 Å². The number of rotatable bonds is 5. The van der Waals surface area contributed by atoms with E-state index in [0.717, 1.165) is 37.7 Å². The number of benzene rings is 1. The summed E-state index contributed by atoms with van der Waals surface area (Å²) in [4.78, 5) is 16.0. The molecule has 0 unspecified atom stereocenters. The lowest BCUT2D eigenvalue weighted by atomic mass is 10.2. The molecule has 0 N–H and O–H groups in total. The first-order chi connectivity index (χ1) is 9.69. The number of nitrogens with zero attached hydrogens (tertiary/aromatic N) is 2. The molecule has 5 heteroatoms. The Hall–Kier alpha value is -1.26. The molecular weight excluding hydrogens is 276 g/mol. The second-order valence-corrected chi connectivity index (χ2v) is 5.30. The Kier molecular flexibility index (Phi) is 5.68. The van der Waals surface area contributed by atoms with Gasteiger partial charge in [-0.1, -0.05) is 17.7 Å². The lowest BCUT2D eigenvalue weighted by Gasteiger charge is -2.36. The molecule has 20 heavy (non-hydrogen) atoms. The van der Waals surface area contributed by atoms with E-state index in [1.54, 1.807) is 0 Å². The molecule has 0 bridgehead atoms. The second-order valence-electron chi connectivity index (χ2n) is 4.86. The summed E-state index contributed by atoms with van der Waals surface area (Å²) in [6.07, 6.45) is 0.477. The number of carbonyl (C=O) groups excluding carboxylic acids is 1. The number of hydrogen-bond acceptors (Lipinski definition) is 4. The summed E-state index contributed by atoms with van der Waals surface area (Å²) < 4.78 is 4.95. The van der Waals surface area contributed by atoms with Crippen LogP contribution in [0.15, 0.2) is 24.3 Å². The van der Waals surface area contributed by atoms with Crippen molar-refractivity contribution in [2.45, 2.75) is 13.3 Å². The highest BCUT2D eigenvalue weighted by molar-refractivity contribution is 6.30.